The Labute approximate surface area is 181 Å². The fourth-order valence-corrected chi connectivity index (χ4v) is 2.69. The third-order valence-corrected chi connectivity index (χ3v) is 4.46. The van der Waals surface area contributed by atoms with Gasteiger partial charge in [-0.15, -0.1) is 0 Å². The monoisotopic (exact) mass is 434 g/mol. The van der Waals surface area contributed by atoms with Crippen molar-refractivity contribution in [2.45, 2.75) is 26.8 Å². The molecular weight excluding hydrogens is 408 g/mol. The molecule has 8 nitrogen and oxygen atoms in total. The Morgan fingerprint density at radius 1 is 1.10 bits per heavy atom. The Balaban J connectivity index is 1.93. The first-order valence-corrected chi connectivity index (χ1v) is 10.0. The van der Waals surface area contributed by atoms with Gasteiger partial charge in [-0.3, -0.25) is 14.5 Å². The molecule has 0 aliphatic rings. The number of benzene rings is 1. The maximum absolute atomic E-state index is 12.4. The van der Waals surface area contributed by atoms with Crippen LogP contribution in [0.25, 0.3) is 0 Å². The Bertz CT molecular complexity index is 861. The highest BCUT2D eigenvalue weighted by Gasteiger charge is 2.21. The van der Waals surface area contributed by atoms with Crippen LogP contribution in [0.5, 0.6) is 11.5 Å². The van der Waals surface area contributed by atoms with Crippen LogP contribution in [-0.2, 0) is 9.59 Å². The molecule has 0 bridgehead atoms. The summed E-state index contributed by atoms with van der Waals surface area (Å²) in [7, 11) is 1.70. The number of aromatic nitrogens is 1. The van der Waals surface area contributed by atoms with E-state index in [0.717, 1.165) is 0 Å². The Morgan fingerprint density at radius 3 is 2.43 bits per heavy atom. The number of halogens is 1. The van der Waals surface area contributed by atoms with Crippen LogP contribution < -0.4 is 20.1 Å². The summed E-state index contributed by atoms with van der Waals surface area (Å²) in [5, 5.41) is 6.00. The third-order valence-electron chi connectivity index (χ3n) is 4.24. The SMILES string of the molecule is CCOc1ccc(NC(=O)CN(C)[C@@H](C)C(=O)Nc2ccc(Cl)cn2)cc1OCC. The molecule has 1 aromatic carbocycles. The molecule has 0 unspecified atom stereocenters. The summed E-state index contributed by atoms with van der Waals surface area (Å²) >= 11 is 5.79. The molecule has 0 aliphatic carbocycles. The molecule has 0 spiro atoms. The van der Waals surface area contributed by atoms with Crippen LogP contribution in [0, 0.1) is 0 Å². The highest BCUT2D eigenvalue weighted by atomic mass is 35.5. The molecule has 0 saturated carbocycles. The lowest BCUT2D eigenvalue weighted by molar-refractivity contribution is -0.122. The van der Waals surface area contributed by atoms with Gasteiger partial charge in [0.15, 0.2) is 11.5 Å². The highest BCUT2D eigenvalue weighted by Crippen LogP contribution is 2.30. The zero-order valence-electron chi connectivity index (χ0n) is 17.6. The first-order chi connectivity index (χ1) is 14.3. The van der Waals surface area contributed by atoms with Gasteiger partial charge in [-0.1, -0.05) is 11.6 Å². The maximum Gasteiger partial charge on any atom is 0.242 e. The lowest BCUT2D eigenvalue weighted by atomic mass is 10.2. The molecule has 2 aromatic rings. The van der Waals surface area contributed by atoms with Crippen LogP contribution in [0.1, 0.15) is 20.8 Å². The number of likely N-dealkylation sites (N-methyl/N-ethyl adjacent to an activating group) is 1. The van der Waals surface area contributed by atoms with E-state index >= 15 is 0 Å². The van der Waals surface area contributed by atoms with Gasteiger partial charge in [0.2, 0.25) is 11.8 Å². The van der Waals surface area contributed by atoms with E-state index in [4.69, 9.17) is 21.1 Å². The van der Waals surface area contributed by atoms with E-state index < -0.39 is 6.04 Å². The average molecular weight is 435 g/mol. The number of anilines is 2. The summed E-state index contributed by atoms with van der Waals surface area (Å²) in [5.41, 5.74) is 0.586. The second-order valence-corrected chi connectivity index (χ2v) is 6.95. The average Bonchev–Trinajstić information content (AvgIpc) is 2.71. The van der Waals surface area contributed by atoms with Crippen molar-refractivity contribution in [2.24, 2.45) is 0 Å². The third kappa shape index (κ3) is 6.89. The summed E-state index contributed by atoms with van der Waals surface area (Å²) in [4.78, 5) is 30.5. The first kappa shape index (κ1) is 23.4. The summed E-state index contributed by atoms with van der Waals surface area (Å²) in [6, 6.07) is 7.92. The minimum absolute atomic E-state index is 0.0276. The largest absolute Gasteiger partial charge is 0.490 e. The van der Waals surface area contributed by atoms with E-state index in [9.17, 15) is 9.59 Å². The Morgan fingerprint density at radius 2 is 1.80 bits per heavy atom. The van der Waals surface area contributed by atoms with Gasteiger partial charge in [-0.2, -0.15) is 0 Å². The van der Waals surface area contributed by atoms with Crippen molar-refractivity contribution in [3.8, 4) is 11.5 Å². The van der Waals surface area contributed by atoms with Crippen molar-refractivity contribution >= 4 is 34.9 Å². The molecule has 1 heterocycles. The number of pyridine rings is 1. The number of ether oxygens (including phenoxy) is 2. The van der Waals surface area contributed by atoms with Crippen molar-refractivity contribution in [2.75, 3.05) is 37.4 Å². The van der Waals surface area contributed by atoms with Gasteiger partial charge in [0, 0.05) is 18.0 Å². The van der Waals surface area contributed by atoms with Gasteiger partial charge in [-0.05, 0) is 52.1 Å². The predicted octanol–water partition coefficient (Wildman–Crippen LogP) is 3.43. The van der Waals surface area contributed by atoms with Crippen molar-refractivity contribution in [3.63, 3.8) is 0 Å². The van der Waals surface area contributed by atoms with E-state index in [1.807, 2.05) is 13.8 Å². The number of carbonyl (C=O) groups is 2. The van der Waals surface area contributed by atoms with Gasteiger partial charge in [0.05, 0.1) is 30.8 Å². The molecule has 9 heteroatoms. The summed E-state index contributed by atoms with van der Waals surface area (Å²) in [6.07, 6.45) is 1.45. The number of nitrogens with one attached hydrogen (secondary N) is 2. The normalized spacial score (nSPS) is 11.7. The van der Waals surface area contributed by atoms with Crippen LogP contribution in [0.3, 0.4) is 0 Å². The number of amides is 2. The van der Waals surface area contributed by atoms with E-state index in [2.05, 4.69) is 15.6 Å². The molecule has 0 radical (unpaired) electrons. The Kier molecular flexibility index (Phi) is 8.89. The van der Waals surface area contributed by atoms with Crippen LogP contribution in [0.15, 0.2) is 36.5 Å². The highest BCUT2D eigenvalue weighted by molar-refractivity contribution is 6.30. The fraction of sp³-hybridized carbons (Fsp3) is 0.381. The van der Waals surface area contributed by atoms with Crippen LogP contribution in [-0.4, -0.2) is 54.5 Å². The number of hydrogen-bond acceptors (Lipinski definition) is 6. The van der Waals surface area contributed by atoms with Gasteiger partial charge >= 0.3 is 0 Å². The molecule has 0 saturated heterocycles. The molecule has 2 amide bonds. The Hall–Kier alpha value is -2.84. The van der Waals surface area contributed by atoms with Gasteiger partial charge < -0.3 is 20.1 Å². The van der Waals surface area contributed by atoms with Crippen LogP contribution in [0.4, 0.5) is 11.5 Å². The molecule has 2 rings (SSSR count). The number of carbonyl (C=O) groups excluding carboxylic acids is 2. The summed E-state index contributed by atoms with van der Waals surface area (Å²) < 4.78 is 11.1. The minimum atomic E-state index is -0.549. The number of nitrogens with zero attached hydrogens (tertiary/aromatic N) is 2. The number of hydrogen-bond donors (Lipinski definition) is 2. The predicted molar refractivity (Wildman–Crippen MR) is 117 cm³/mol. The second-order valence-electron chi connectivity index (χ2n) is 6.52. The second kappa shape index (κ2) is 11.4. The topological polar surface area (TPSA) is 92.8 Å². The van der Waals surface area contributed by atoms with E-state index in [-0.39, 0.29) is 18.4 Å². The molecule has 162 valence electrons. The summed E-state index contributed by atoms with van der Waals surface area (Å²) in [5.74, 6) is 1.05. The maximum atomic E-state index is 12.4. The van der Waals surface area contributed by atoms with E-state index in [0.29, 0.717) is 41.2 Å². The molecule has 1 aromatic heterocycles. The summed E-state index contributed by atoms with van der Waals surface area (Å²) in [6.45, 7) is 6.50. The van der Waals surface area contributed by atoms with Gasteiger partial charge in [-0.25, -0.2) is 4.98 Å². The molecular formula is C21H27ClN4O4. The van der Waals surface area contributed by atoms with Crippen molar-refractivity contribution < 1.29 is 19.1 Å². The lowest BCUT2D eigenvalue weighted by Gasteiger charge is -2.23. The van der Waals surface area contributed by atoms with Crippen LogP contribution in [0.2, 0.25) is 5.02 Å². The fourth-order valence-electron chi connectivity index (χ4n) is 2.57. The number of rotatable bonds is 10. The first-order valence-electron chi connectivity index (χ1n) is 9.66. The lowest BCUT2D eigenvalue weighted by Crippen LogP contribution is -2.43. The van der Waals surface area contributed by atoms with E-state index in [1.54, 1.807) is 49.2 Å². The molecule has 30 heavy (non-hydrogen) atoms. The van der Waals surface area contributed by atoms with Crippen LogP contribution >= 0.6 is 11.6 Å². The molecule has 0 aliphatic heterocycles. The molecule has 1 atom stereocenters. The van der Waals surface area contributed by atoms with Crippen molar-refractivity contribution in [3.05, 3.63) is 41.6 Å². The van der Waals surface area contributed by atoms with Crippen molar-refractivity contribution in [1.82, 2.24) is 9.88 Å². The van der Waals surface area contributed by atoms with E-state index in [1.165, 1.54) is 6.20 Å². The van der Waals surface area contributed by atoms with Gasteiger partial charge in [0.25, 0.3) is 0 Å². The quantitative estimate of drug-likeness (QED) is 0.595. The standard InChI is InChI=1S/C21H27ClN4O4/c1-5-29-17-9-8-16(11-18(17)30-6-2)24-20(27)13-26(4)14(3)21(28)25-19-10-7-15(22)12-23-19/h7-12,14H,5-6,13H2,1-4H3,(H,24,27)(H,23,25,28)/t14-/m0/s1. The zero-order chi connectivity index (χ0) is 22.1. The minimum Gasteiger partial charge on any atom is -0.490 e. The molecule has 0 fully saturated rings. The van der Waals surface area contributed by atoms with Gasteiger partial charge in [0.1, 0.15) is 5.82 Å². The zero-order valence-corrected chi connectivity index (χ0v) is 18.3. The van der Waals surface area contributed by atoms with Crippen molar-refractivity contribution in [1.29, 1.82) is 0 Å². The smallest absolute Gasteiger partial charge is 0.242 e. The molecule has 2 N–H and O–H groups in total.